The van der Waals surface area contributed by atoms with Crippen LogP contribution < -0.4 is 0 Å². The van der Waals surface area contributed by atoms with Crippen LogP contribution >= 0.6 is 0 Å². The zero-order valence-electron chi connectivity index (χ0n) is 11.8. The van der Waals surface area contributed by atoms with Gasteiger partial charge in [-0.2, -0.15) is 4.98 Å². The van der Waals surface area contributed by atoms with Crippen LogP contribution in [0.5, 0.6) is 0 Å². The van der Waals surface area contributed by atoms with Crippen LogP contribution in [0.1, 0.15) is 24.3 Å². The van der Waals surface area contributed by atoms with Crippen LogP contribution in [0.25, 0.3) is 11.4 Å². The van der Waals surface area contributed by atoms with E-state index < -0.39 is 5.97 Å². The predicted octanol–water partition coefficient (Wildman–Crippen LogP) is 2.09. The molecule has 0 saturated heterocycles. The van der Waals surface area contributed by atoms with Crippen molar-refractivity contribution in [3.05, 3.63) is 35.7 Å². The van der Waals surface area contributed by atoms with Crippen LogP contribution in [0, 0.1) is 6.92 Å². The molecule has 1 heterocycles. The second kappa shape index (κ2) is 5.65. The number of carboxylic acids is 1. The molecule has 1 aromatic heterocycles. The minimum Gasteiger partial charge on any atom is -0.480 e. The van der Waals surface area contributed by atoms with E-state index in [0.29, 0.717) is 24.3 Å². The Labute approximate surface area is 122 Å². The van der Waals surface area contributed by atoms with Gasteiger partial charge < -0.3 is 9.63 Å². The van der Waals surface area contributed by atoms with Gasteiger partial charge in [-0.1, -0.05) is 29.4 Å². The van der Waals surface area contributed by atoms with E-state index >= 15 is 0 Å². The van der Waals surface area contributed by atoms with Crippen LogP contribution in [0.3, 0.4) is 0 Å². The van der Waals surface area contributed by atoms with Crippen molar-refractivity contribution in [1.82, 2.24) is 15.0 Å². The molecule has 0 amide bonds. The topological polar surface area (TPSA) is 79.5 Å². The predicted molar refractivity (Wildman–Crippen MR) is 75.5 cm³/mol. The van der Waals surface area contributed by atoms with E-state index in [4.69, 9.17) is 9.63 Å². The number of rotatable bonds is 6. The summed E-state index contributed by atoms with van der Waals surface area (Å²) in [4.78, 5) is 17.2. The first-order chi connectivity index (χ1) is 10.1. The fourth-order valence-electron chi connectivity index (χ4n) is 2.35. The summed E-state index contributed by atoms with van der Waals surface area (Å²) in [6.07, 6.45) is 2.07. The van der Waals surface area contributed by atoms with Crippen LogP contribution in [0.2, 0.25) is 0 Å². The molecule has 1 aromatic carbocycles. The fraction of sp³-hybridized carbons (Fsp3) is 0.400. The highest BCUT2D eigenvalue weighted by molar-refractivity contribution is 5.69. The first-order valence-corrected chi connectivity index (χ1v) is 6.98. The van der Waals surface area contributed by atoms with Gasteiger partial charge in [-0.3, -0.25) is 9.69 Å². The molecule has 1 aliphatic rings. The van der Waals surface area contributed by atoms with Crippen molar-refractivity contribution in [2.24, 2.45) is 0 Å². The summed E-state index contributed by atoms with van der Waals surface area (Å²) < 4.78 is 5.27. The van der Waals surface area contributed by atoms with Gasteiger partial charge in [0.15, 0.2) is 0 Å². The standard InChI is InChI=1S/C15H17N3O3/c1-10-4-2-3-5-12(10)15-16-13(21-17-15)8-18(9-14(19)20)11-6-7-11/h2-5,11H,6-9H2,1H3,(H,19,20). The van der Waals surface area contributed by atoms with Gasteiger partial charge in [-0.15, -0.1) is 0 Å². The lowest BCUT2D eigenvalue weighted by atomic mass is 10.1. The molecular weight excluding hydrogens is 270 g/mol. The molecule has 1 aliphatic carbocycles. The third-order valence-corrected chi connectivity index (χ3v) is 3.59. The van der Waals surface area contributed by atoms with Gasteiger partial charge in [0.2, 0.25) is 11.7 Å². The Kier molecular flexibility index (Phi) is 3.70. The third kappa shape index (κ3) is 3.28. The van der Waals surface area contributed by atoms with Crippen molar-refractivity contribution in [2.75, 3.05) is 6.54 Å². The maximum absolute atomic E-state index is 10.9. The lowest BCUT2D eigenvalue weighted by molar-refractivity contribution is -0.138. The Hall–Kier alpha value is -2.21. The summed E-state index contributed by atoms with van der Waals surface area (Å²) in [5.74, 6) is 0.177. The number of carbonyl (C=O) groups is 1. The molecule has 110 valence electrons. The second-order valence-corrected chi connectivity index (χ2v) is 5.36. The smallest absolute Gasteiger partial charge is 0.317 e. The van der Waals surface area contributed by atoms with E-state index in [-0.39, 0.29) is 6.54 Å². The Bertz CT molecular complexity index is 649. The summed E-state index contributed by atoms with van der Waals surface area (Å²) in [7, 11) is 0. The number of aromatic nitrogens is 2. The zero-order chi connectivity index (χ0) is 14.8. The Morgan fingerprint density at radius 2 is 2.19 bits per heavy atom. The quantitative estimate of drug-likeness (QED) is 0.876. The average Bonchev–Trinajstić information content (AvgIpc) is 3.19. The first kappa shape index (κ1) is 13.8. The normalized spacial score (nSPS) is 14.6. The van der Waals surface area contributed by atoms with Crippen LogP contribution in [-0.2, 0) is 11.3 Å². The van der Waals surface area contributed by atoms with Crippen LogP contribution in [0.4, 0.5) is 0 Å². The molecule has 0 unspecified atom stereocenters. The van der Waals surface area contributed by atoms with E-state index in [2.05, 4.69) is 10.1 Å². The molecule has 0 radical (unpaired) electrons. The molecule has 0 atom stereocenters. The molecule has 21 heavy (non-hydrogen) atoms. The van der Waals surface area contributed by atoms with Crippen molar-refractivity contribution >= 4 is 5.97 Å². The molecule has 1 N–H and O–H groups in total. The number of hydrogen-bond donors (Lipinski definition) is 1. The molecular formula is C15H17N3O3. The minimum absolute atomic E-state index is 0.00669. The highest BCUT2D eigenvalue weighted by Gasteiger charge is 2.31. The van der Waals surface area contributed by atoms with E-state index in [1.807, 2.05) is 36.1 Å². The van der Waals surface area contributed by atoms with E-state index in [0.717, 1.165) is 24.0 Å². The lowest BCUT2D eigenvalue weighted by Crippen LogP contribution is -2.31. The van der Waals surface area contributed by atoms with Gasteiger partial charge in [0.1, 0.15) is 0 Å². The first-order valence-electron chi connectivity index (χ1n) is 6.98. The summed E-state index contributed by atoms with van der Waals surface area (Å²) in [6, 6.07) is 8.15. The molecule has 3 rings (SSSR count). The molecule has 0 spiro atoms. The van der Waals surface area contributed by atoms with Gasteiger partial charge >= 0.3 is 5.97 Å². The van der Waals surface area contributed by atoms with Crippen molar-refractivity contribution in [3.8, 4) is 11.4 Å². The Balaban J connectivity index is 1.75. The second-order valence-electron chi connectivity index (χ2n) is 5.36. The van der Waals surface area contributed by atoms with Crippen LogP contribution in [0.15, 0.2) is 28.8 Å². The summed E-state index contributed by atoms with van der Waals surface area (Å²) >= 11 is 0. The SMILES string of the molecule is Cc1ccccc1-c1noc(CN(CC(=O)O)C2CC2)n1. The van der Waals surface area contributed by atoms with Gasteiger partial charge in [0.25, 0.3) is 0 Å². The molecule has 6 heteroatoms. The number of carboxylic acid groups (broad SMARTS) is 1. The third-order valence-electron chi connectivity index (χ3n) is 3.59. The maximum atomic E-state index is 10.9. The Morgan fingerprint density at radius 3 is 2.86 bits per heavy atom. The molecule has 1 saturated carbocycles. The largest absolute Gasteiger partial charge is 0.480 e. The zero-order valence-corrected chi connectivity index (χ0v) is 11.8. The average molecular weight is 287 g/mol. The fourth-order valence-corrected chi connectivity index (χ4v) is 2.35. The van der Waals surface area contributed by atoms with Gasteiger partial charge in [0, 0.05) is 11.6 Å². The number of nitrogens with zero attached hydrogens (tertiary/aromatic N) is 3. The number of aryl methyl sites for hydroxylation is 1. The molecule has 6 nitrogen and oxygen atoms in total. The molecule has 1 fully saturated rings. The highest BCUT2D eigenvalue weighted by atomic mass is 16.5. The van der Waals surface area contributed by atoms with Crippen molar-refractivity contribution in [1.29, 1.82) is 0 Å². The highest BCUT2D eigenvalue weighted by Crippen LogP contribution is 2.28. The van der Waals surface area contributed by atoms with Crippen molar-refractivity contribution in [3.63, 3.8) is 0 Å². The number of hydrogen-bond acceptors (Lipinski definition) is 5. The van der Waals surface area contributed by atoms with Gasteiger partial charge in [0.05, 0.1) is 13.1 Å². The van der Waals surface area contributed by atoms with E-state index in [1.54, 1.807) is 0 Å². The van der Waals surface area contributed by atoms with Gasteiger partial charge in [-0.05, 0) is 25.3 Å². The summed E-state index contributed by atoms with van der Waals surface area (Å²) in [6.45, 7) is 2.38. The van der Waals surface area contributed by atoms with E-state index in [1.165, 1.54) is 0 Å². The summed E-state index contributed by atoms with van der Waals surface area (Å²) in [5.41, 5.74) is 2.01. The van der Waals surface area contributed by atoms with Crippen molar-refractivity contribution < 1.29 is 14.4 Å². The van der Waals surface area contributed by atoms with Gasteiger partial charge in [-0.25, -0.2) is 0 Å². The van der Waals surface area contributed by atoms with Crippen molar-refractivity contribution in [2.45, 2.75) is 32.4 Å². The maximum Gasteiger partial charge on any atom is 0.317 e. The monoisotopic (exact) mass is 287 g/mol. The molecule has 0 bridgehead atoms. The summed E-state index contributed by atoms with van der Waals surface area (Å²) in [5, 5.41) is 12.9. The number of aliphatic carboxylic acids is 1. The Morgan fingerprint density at radius 1 is 1.43 bits per heavy atom. The number of benzene rings is 1. The lowest BCUT2D eigenvalue weighted by Gasteiger charge is -2.16. The minimum atomic E-state index is -0.833. The molecule has 2 aromatic rings. The van der Waals surface area contributed by atoms with E-state index in [9.17, 15) is 4.79 Å². The van der Waals surface area contributed by atoms with Crippen LogP contribution in [-0.4, -0.2) is 38.7 Å². The molecule has 0 aliphatic heterocycles.